The van der Waals surface area contributed by atoms with Crippen LogP contribution in [0.15, 0.2) is 54.7 Å². The summed E-state index contributed by atoms with van der Waals surface area (Å²) in [6.45, 7) is 2.19. The van der Waals surface area contributed by atoms with Gasteiger partial charge in [0.25, 0.3) is 0 Å². The van der Waals surface area contributed by atoms with Crippen LogP contribution in [0.3, 0.4) is 0 Å². The topological polar surface area (TPSA) is 98.5 Å². The molecule has 0 bridgehead atoms. The van der Waals surface area contributed by atoms with E-state index in [4.69, 9.17) is 9.72 Å². The Balaban J connectivity index is 1.31. The van der Waals surface area contributed by atoms with Crippen molar-refractivity contribution < 1.29 is 22.7 Å². The summed E-state index contributed by atoms with van der Waals surface area (Å²) in [5.74, 6) is -1.11. The summed E-state index contributed by atoms with van der Waals surface area (Å²) in [6.07, 6.45) is 5.85. The molecule has 0 saturated carbocycles. The van der Waals surface area contributed by atoms with E-state index < -0.39 is 29.4 Å². The number of anilines is 1. The Hall–Kier alpha value is -4.28. The van der Waals surface area contributed by atoms with Gasteiger partial charge >= 0.3 is 6.01 Å². The first-order valence-corrected chi connectivity index (χ1v) is 17.1. The molecule has 0 spiro atoms. The smallest absolute Gasteiger partial charge is 0.319 e. The Morgan fingerprint density at radius 3 is 2.79 bits per heavy atom. The maximum absolute atomic E-state index is 16.7. The number of nitriles is 1. The molecule has 3 saturated heterocycles. The minimum Gasteiger partial charge on any atom is -0.461 e. The van der Waals surface area contributed by atoms with Crippen molar-refractivity contribution in [2.24, 2.45) is 0 Å². The summed E-state index contributed by atoms with van der Waals surface area (Å²) >= 11 is 3.29. The Labute approximate surface area is 284 Å². The molecule has 0 aliphatic carbocycles. The number of hydrogen-bond acceptors (Lipinski definition) is 8. The zero-order valence-corrected chi connectivity index (χ0v) is 27.7. The number of allylic oxidation sites excluding steroid dienone is 1. The van der Waals surface area contributed by atoms with E-state index in [9.17, 15) is 14.4 Å². The monoisotopic (exact) mass is 719 g/mol. The molecule has 1 amide bonds. The molecular formula is C35H33BrF3N7O2. The second-order valence-corrected chi connectivity index (χ2v) is 13.2. The van der Waals surface area contributed by atoms with E-state index in [0.717, 1.165) is 19.4 Å². The SMILES string of the molecule is N#CC[C@H]1CN(c2nc(OC[C@@]34CCCN3C[C@H](F)C4)nc3c(F)c(-c4cccc5cccc(F)c45)ncc23)CCN1C(=O)/C=C/CBr. The zero-order chi connectivity index (χ0) is 33.4. The van der Waals surface area contributed by atoms with Gasteiger partial charge in [-0.15, -0.1) is 0 Å². The highest BCUT2D eigenvalue weighted by molar-refractivity contribution is 9.09. The maximum Gasteiger partial charge on any atom is 0.319 e. The fraction of sp³-hybridized carbons (Fsp3) is 0.400. The molecule has 3 aliphatic heterocycles. The first kappa shape index (κ1) is 32.3. The number of amides is 1. The summed E-state index contributed by atoms with van der Waals surface area (Å²) in [7, 11) is 0. The lowest BCUT2D eigenvalue weighted by Crippen LogP contribution is -2.55. The van der Waals surface area contributed by atoms with E-state index in [0.29, 0.717) is 48.0 Å². The van der Waals surface area contributed by atoms with E-state index in [-0.39, 0.29) is 53.7 Å². The molecule has 0 N–H and O–H groups in total. The lowest BCUT2D eigenvalue weighted by molar-refractivity contribution is -0.128. The molecule has 2 aromatic carbocycles. The van der Waals surface area contributed by atoms with Crippen LogP contribution in [0.5, 0.6) is 6.01 Å². The van der Waals surface area contributed by atoms with Gasteiger partial charge in [-0.05, 0) is 36.9 Å². The van der Waals surface area contributed by atoms with Crippen molar-refractivity contribution >= 4 is 49.3 Å². The fourth-order valence-corrected chi connectivity index (χ4v) is 7.70. The van der Waals surface area contributed by atoms with Gasteiger partial charge in [0.2, 0.25) is 5.91 Å². The number of fused-ring (bicyclic) bond motifs is 3. The fourth-order valence-electron chi connectivity index (χ4n) is 7.51. The highest BCUT2D eigenvalue weighted by Gasteiger charge is 2.49. The number of alkyl halides is 2. The zero-order valence-electron chi connectivity index (χ0n) is 26.1. The van der Waals surface area contributed by atoms with E-state index in [1.54, 1.807) is 41.3 Å². The first-order valence-electron chi connectivity index (χ1n) is 16.0. The molecule has 4 aromatic rings. The van der Waals surface area contributed by atoms with Gasteiger partial charge in [-0.1, -0.05) is 52.3 Å². The average Bonchev–Trinajstić information content (AvgIpc) is 3.62. The van der Waals surface area contributed by atoms with Crippen molar-refractivity contribution in [1.82, 2.24) is 24.8 Å². The van der Waals surface area contributed by atoms with E-state index in [1.165, 1.54) is 18.3 Å². The largest absolute Gasteiger partial charge is 0.461 e. The number of ether oxygens (including phenoxy) is 1. The normalized spacial score (nSPS) is 22.9. The standard InChI is InChI=1S/C35H33BrF3N7O2/c36-12-3-9-28(47)46-16-15-44(20-24(46)10-13-40)33-26-18-41-31(25-7-1-5-22-6-2-8-27(38)29(22)25)30(39)32(26)42-34(43-33)48-21-35-11-4-14-45(35)19-23(37)17-35/h1-3,5-9,18,23-24H,4,10-12,14-17,19-21H2/b9-3+/t23-,24+,35+/m1/s1. The van der Waals surface area contributed by atoms with Crippen LogP contribution in [0.25, 0.3) is 32.9 Å². The van der Waals surface area contributed by atoms with Crippen LogP contribution < -0.4 is 9.64 Å². The quantitative estimate of drug-likeness (QED) is 0.163. The first-order chi connectivity index (χ1) is 23.3. The Kier molecular flexibility index (Phi) is 8.96. The number of carbonyl (C=O) groups excluding carboxylic acids is 1. The molecule has 3 fully saturated rings. The summed E-state index contributed by atoms with van der Waals surface area (Å²) in [4.78, 5) is 32.4. The number of pyridine rings is 1. The van der Waals surface area contributed by atoms with Crippen molar-refractivity contribution in [3.8, 4) is 23.3 Å². The van der Waals surface area contributed by atoms with Crippen LogP contribution in [0.1, 0.15) is 25.7 Å². The van der Waals surface area contributed by atoms with Gasteiger partial charge in [0.1, 0.15) is 35.6 Å². The predicted octanol–water partition coefficient (Wildman–Crippen LogP) is 5.96. The van der Waals surface area contributed by atoms with E-state index in [2.05, 4.69) is 36.9 Å². The van der Waals surface area contributed by atoms with E-state index >= 15 is 8.78 Å². The van der Waals surface area contributed by atoms with Gasteiger partial charge in [0.05, 0.1) is 29.5 Å². The summed E-state index contributed by atoms with van der Waals surface area (Å²) in [5, 5.41) is 11.3. The van der Waals surface area contributed by atoms with Crippen molar-refractivity contribution in [2.45, 2.75) is 43.4 Å². The van der Waals surface area contributed by atoms with Crippen LogP contribution in [0, 0.1) is 23.0 Å². The molecule has 0 radical (unpaired) electrons. The summed E-state index contributed by atoms with van der Waals surface area (Å²) < 4.78 is 52.5. The molecule has 5 heterocycles. The summed E-state index contributed by atoms with van der Waals surface area (Å²) in [5.41, 5.74) is -0.320. The number of piperazine rings is 1. The van der Waals surface area contributed by atoms with Gasteiger partial charge in [-0.25, -0.2) is 13.2 Å². The second kappa shape index (κ2) is 13.3. The Morgan fingerprint density at radius 1 is 1.15 bits per heavy atom. The number of benzene rings is 2. The van der Waals surface area contributed by atoms with Gasteiger partial charge in [0.15, 0.2) is 5.82 Å². The molecule has 0 unspecified atom stereocenters. The lowest BCUT2D eigenvalue weighted by Gasteiger charge is -2.41. The molecule has 48 heavy (non-hydrogen) atoms. The average molecular weight is 721 g/mol. The molecule has 7 rings (SSSR count). The highest BCUT2D eigenvalue weighted by Crippen LogP contribution is 2.41. The Morgan fingerprint density at radius 2 is 1.98 bits per heavy atom. The van der Waals surface area contributed by atoms with Crippen LogP contribution in [-0.2, 0) is 4.79 Å². The molecular weight excluding hydrogens is 687 g/mol. The van der Waals surface area contributed by atoms with E-state index in [1.807, 2.05) is 4.90 Å². The molecule has 9 nitrogen and oxygen atoms in total. The predicted molar refractivity (Wildman–Crippen MR) is 180 cm³/mol. The van der Waals surface area contributed by atoms with Gasteiger partial charge in [-0.2, -0.15) is 15.2 Å². The number of nitrogens with zero attached hydrogens (tertiary/aromatic N) is 7. The number of rotatable bonds is 8. The number of aromatic nitrogens is 3. The van der Waals surface area contributed by atoms with Crippen molar-refractivity contribution in [3.05, 3.63) is 66.4 Å². The van der Waals surface area contributed by atoms with Crippen LogP contribution in [-0.4, -0.2) is 93.1 Å². The molecule has 13 heteroatoms. The van der Waals surface area contributed by atoms with Crippen LogP contribution in [0.4, 0.5) is 19.0 Å². The lowest BCUT2D eigenvalue weighted by atomic mass is 9.95. The number of halogens is 4. The minimum absolute atomic E-state index is 0.0560. The third kappa shape index (κ3) is 5.85. The number of hydrogen-bond donors (Lipinski definition) is 0. The maximum atomic E-state index is 16.7. The highest BCUT2D eigenvalue weighted by atomic mass is 79.9. The van der Waals surface area contributed by atoms with Gasteiger partial charge < -0.3 is 14.5 Å². The van der Waals surface area contributed by atoms with Gasteiger partial charge in [0, 0.05) is 55.1 Å². The van der Waals surface area contributed by atoms with Crippen molar-refractivity contribution in [3.63, 3.8) is 0 Å². The molecule has 3 aliphatic rings. The second-order valence-electron chi connectivity index (χ2n) is 12.6. The van der Waals surface area contributed by atoms with Crippen LogP contribution >= 0.6 is 15.9 Å². The number of carbonyl (C=O) groups is 1. The molecule has 3 atom stereocenters. The van der Waals surface area contributed by atoms with Crippen molar-refractivity contribution in [2.75, 3.05) is 49.6 Å². The minimum atomic E-state index is -0.949. The van der Waals surface area contributed by atoms with Gasteiger partial charge in [-0.3, -0.25) is 14.7 Å². The summed E-state index contributed by atoms with van der Waals surface area (Å²) in [6, 6.07) is 11.4. The molecule has 2 aromatic heterocycles. The van der Waals surface area contributed by atoms with Crippen molar-refractivity contribution in [1.29, 1.82) is 5.26 Å². The third-order valence-corrected chi connectivity index (χ3v) is 10.1. The van der Waals surface area contributed by atoms with Crippen LogP contribution in [0.2, 0.25) is 0 Å². The Bertz CT molecular complexity index is 1950. The molecule has 248 valence electrons. The third-order valence-electron chi connectivity index (χ3n) is 9.73.